The molecule has 5 nitrogen and oxygen atoms in total. The number of carbonyl (C=O) groups is 2. The summed E-state index contributed by atoms with van der Waals surface area (Å²) in [7, 11) is 0. The van der Waals surface area contributed by atoms with Gasteiger partial charge in [0.25, 0.3) is 5.91 Å². The average Bonchev–Trinajstić information content (AvgIpc) is 2.99. The Balaban J connectivity index is 1.65. The zero-order valence-electron chi connectivity index (χ0n) is 18.4. The first-order valence-corrected chi connectivity index (χ1v) is 11.0. The second-order valence-corrected chi connectivity index (χ2v) is 8.11. The normalized spacial score (nSPS) is 16.4. The zero-order valence-corrected chi connectivity index (χ0v) is 18.4. The van der Waals surface area contributed by atoms with Gasteiger partial charge in [-0.25, -0.2) is 4.39 Å². The van der Waals surface area contributed by atoms with Crippen LogP contribution in [-0.2, 0) is 11.2 Å². The number of rotatable bonds is 6. The average molecular weight is 444 g/mol. The number of aromatic nitrogens is 1. The molecule has 4 rings (SSSR count). The molecule has 6 heteroatoms. The highest BCUT2D eigenvalue weighted by molar-refractivity contribution is 5.93. The van der Waals surface area contributed by atoms with Gasteiger partial charge in [-0.1, -0.05) is 48.5 Å². The molecule has 1 aliphatic heterocycles. The number of hydrogen-bond donors (Lipinski definition) is 0. The van der Waals surface area contributed by atoms with Crippen molar-refractivity contribution in [1.29, 1.82) is 0 Å². The maximum atomic E-state index is 13.9. The van der Waals surface area contributed by atoms with Crippen LogP contribution in [0.15, 0.2) is 85.6 Å². The zero-order chi connectivity index (χ0) is 23.2. The van der Waals surface area contributed by atoms with Crippen molar-refractivity contribution in [3.05, 3.63) is 103 Å². The van der Waals surface area contributed by atoms with Gasteiger partial charge in [0.05, 0.1) is 5.92 Å². The van der Waals surface area contributed by atoms with E-state index >= 15 is 0 Å². The minimum Gasteiger partial charge on any atom is -0.337 e. The lowest BCUT2D eigenvalue weighted by molar-refractivity contribution is -0.134. The molecule has 2 aromatic carbocycles. The summed E-state index contributed by atoms with van der Waals surface area (Å²) in [5.41, 5.74) is 2.94. The minimum absolute atomic E-state index is 0.0136. The van der Waals surface area contributed by atoms with Crippen LogP contribution < -0.4 is 0 Å². The number of carbonyl (C=O) groups excluding carboxylic acids is 2. The smallest absolute Gasteiger partial charge is 0.272 e. The molecule has 1 fully saturated rings. The third-order valence-electron chi connectivity index (χ3n) is 5.88. The fourth-order valence-corrected chi connectivity index (χ4v) is 4.27. The maximum Gasteiger partial charge on any atom is 0.272 e. The van der Waals surface area contributed by atoms with Gasteiger partial charge in [-0.15, -0.1) is 6.58 Å². The van der Waals surface area contributed by atoms with Crippen molar-refractivity contribution in [3.63, 3.8) is 0 Å². The summed E-state index contributed by atoms with van der Waals surface area (Å²) < 4.78 is 13.9. The van der Waals surface area contributed by atoms with Crippen LogP contribution in [0.25, 0.3) is 11.1 Å². The van der Waals surface area contributed by atoms with Crippen LogP contribution in [0.1, 0.15) is 16.1 Å². The van der Waals surface area contributed by atoms with Gasteiger partial charge >= 0.3 is 0 Å². The van der Waals surface area contributed by atoms with Crippen molar-refractivity contribution in [2.24, 2.45) is 5.92 Å². The van der Waals surface area contributed by atoms with Crippen molar-refractivity contribution in [1.82, 2.24) is 14.8 Å². The molecule has 0 N–H and O–H groups in total. The summed E-state index contributed by atoms with van der Waals surface area (Å²) >= 11 is 0. The molecular formula is C27H26FN3O2. The lowest BCUT2D eigenvalue weighted by atomic mass is 9.91. The van der Waals surface area contributed by atoms with E-state index < -0.39 is 5.92 Å². The SMILES string of the molecule is C=CCN1CCN(C(=O)c2ccccn2)C[C@H](Cc2ccccc2-c2cccc(F)c2)C1=O. The Labute approximate surface area is 193 Å². The standard InChI is InChI=1S/C27H26FN3O2/c1-2-14-30-15-16-31(27(33)25-12-5-6-13-29-25)19-22(26(30)32)17-20-8-3-4-11-24(20)21-9-7-10-23(28)18-21/h2-13,18,22H,1,14-17,19H2/t22-/m0/s1. The van der Waals surface area contributed by atoms with E-state index in [0.29, 0.717) is 38.3 Å². The molecule has 0 radical (unpaired) electrons. The topological polar surface area (TPSA) is 53.5 Å². The molecule has 2 heterocycles. The molecule has 0 spiro atoms. The van der Waals surface area contributed by atoms with Crippen LogP contribution in [0.3, 0.4) is 0 Å². The summed E-state index contributed by atoms with van der Waals surface area (Å²) in [6, 6.07) is 19.4. The first-order valence-electron chi connectivity index (χ1n) is 11.0. The predicted molar refractivity (Wildman–Crippen MR) is 126 cm³/mol. The Bertz CT molecular complexity index is 1150. The molecule has 3 aromatic rings. The number of hydrogen-bond acceptors (Lipinski definition) is 3. The quantitative estimate of drug-likeness (QED) is 0.536. The molecule has 168 valence electrons. The van der Waals surface area contributed by atoms with E-state index in [2.05, 4.69) is 11.6 Å². The summed E-state index contributed by atoms with van der Waals surface area (Å²) in [6.07, 6.45) is 3.73. The van der Waals surface area contributed by atoms with E-state index in [4.69, 9.17) is 0 Å². The van der Waals surface area contributed by atoms with Crippen LogP contribution in [0.5, 0.6) is 0 Å². The number of benzene rings is 2. The van der Waals surface area contributed by atoms with Crippen LogP contribution in [0, 0.1) is 11.7 Å². The Kier molecular flexibility index (Phi) is 6.93. The first kappa shape index (κ1) is 22.4. The van der Waals surface area contributed by atoms with Gasteiger partial charge < -0.3 is 9.80 Å². The Morgan fingerprint density at radius 3 is 2.67 bits per heavy atom. The summed E-state index contributed by atoms with van der Waals surface area (Å²) in [4.78, 5) is 34.2. The van der Waals surface area contributed by atoms with Crippen LogP contribution in [0.4, 0.5) is 4.39 Å². The van der Waals surface area contributed by atoms with E-state index in [0.717, 1.165) is 16.7 Å². The highest BCUT2D eigenvalue weighted by atomic mass is 19.1. The van der Waals surface area contributed by atoms with Crippen molar-refractivity contribution in [2.75, 3.05) is 26.2 Å². The maximum absolute atomic E-state index is 13.9. The molecule has 0 unspecified atom stereocenters. The lowest BCUT2D eigenvalue weighted by Gasteiger charge is -2.24. The molecule has 2 amide bonds. The Hall–Kier alpha value is -3.80. The van der Waals surface area contributed by atoms with Crippen LogP contribution in [-0.4, -0.2) is 52.8 Å². The van der Waals surface area contributed by atoms with Gasteiger partial charge in [0.15, 0.2) is 0 Å². The predicted octanol–water partition coefficient (Wildman–Crippen LogP) is 4.22. The molecule has 0 aliphatic carbocycles. The molecule has 33 heavy (non-hydrogen) atoms. The molecule has 0 bridgehead atoms. The monoisotopic (exact) mass is 443 g/mol. The largest absolute Gasteiger partial charge is 0.337 e. The molecule has 1 aromatic heterocycles. The van der Waals surface area contributed by atoms with E-state index in [-0.39, 0.29) is 17.6 Å². The number of nitrogens with zero attached hydrogens (tertiary/aromatic N) is 3. The Morgan fingerprint density at radius 2 is 1.91 bits per heavy atom. The fourth-order valence-electron chi connectivity index (χ4n) is 4.27. The minimum atomic E-state index is -0.435. The summed E-state index contributed by atoms with van der Waals surface area (Å²) in [6.45, 7) is 5.35. The number of halogens is 1. The van der Waals surface area contributed by atoms with Crippen LogP contribution >= 0.6 is 0 Å². The number of amides is 2. The fraction of sp³-hybridized carbons (Fsp3) is 0.222. The van der Waals surface area contributed by atoms with E-state index in [1.165, 1.54) is 12.1 Å². The van der Waals surface area contributed by atoms with Crippen molar-refractivity contribution >= 4 is 11.8 Å². The second-order valence-electron chi connectivity index (χ2n) is 8.11. The molecule has 1 aliphatic rings. The highest BCUT2D eigenvalue weighted by Gasteiger charge is 2.33. The van der Waals surface area contributed by atoms with Gasteiger partial charge in [-0.05, 0) is 47.4 Å². The van der Waals surface area contributed by atoms with Crippen LogP contribution in [0.2, 0.25) is 0 Å². The first-order chi connectivity index (χ1) is 16.1. The van der Waals surface area contributed by atoms with E-state index in [1.54, 1.807) is 46.3 Å². The molecule has 0 saturated carbocycles. The van der Waals surface area contributed by atoms with Gasteiger partial charge in [-0.2, -0.15) is 0 Å². The lowest BCUT2D eigenvalue weighted by Crippen LogP contribution is -2.38. The van der Waals surface area contributed by atoms with Gasteiger partial charge in [0, 0.05) is 32.4 Å². The molecule has 1 atom stereocenters. The summed E-state index contributed by atoms with van der Waals surface area (Å²) in [5.74, 6) is -0.945. The Morgan fingerprint density at radius 1 is 1.09 bits per heavy atom. The van der Waals surface area contributed by atoms with E-state index in [1.807, 2.05) is 30.3 Å². The van der Waals surface area contributed by atoms with Gasteiger partial charge in [0.2, 0.25) is 5.91 Å². The molecular weight excluding hydrogens is 417 g/mol. The third kappa shape index (κ3) is 5.17. The number of pyridine rings is 1. The second kappa shape index (κ2) is 10.2. The summed E-state index contributed by atoms with van der Waals surface area (Å²) in [5, 5.41) is 0. The van der Waals surface area contributed by atoms with E-state index in [9.17, 15) is 14.0 Å². The highest BCUT2D eigenvalue weighted by Crippen LogP contribution is 2.28. The molecule has 1 saturated heterocycles. The van der Waals surface area contributed by atoms with Gasteiger partial charge in [-0.3, -0.25) is 14.6 Å². The van der Waals surface area contributed by atoms with Crippen molar-refractivity contribution in [3.8, 4) is 11.1 Å². The third-order valence-corrected chi connectivity index (χ3v) is 5.88. The van der Waals surface area contributed by atoms with Crippen molar-refractivity contribution < 1.29 is 14.0 Å². The van der Waals surface area contributed by atoms with Crippen molar-refractivity contribution in [2.45, 2.75) is 6.42 Å². The van der Waals surface area contributed by atoms with Gasteiger partial charge in [0.1, 0.15) is 11.5 Å².